The second-order valence-corrected chi connectivity index (χ2v) is 7.55. The molecule has 1 N–H and O–H groups in total. The summed E-state index contributed by atoms with van der Waals surface area (Å²) in [5.41, 5.74) is 0.806. The lowest BCUT2D eigenvalue weighted by Gasteiger charge is -2.27. The van der Waals surface area contributed by atoms with Crippen LogP contribution in [-0.4, -0.2) is 44.9 Å². The van der Waals surface area contributed by atoms with E-state index in [2.05, 4.69) is 5.32 Å². The monoisotopic (exact) mass is 316 g/mol. The van der Waals surface area contributed by atoms with Crippen LogP contribution in [0.1, 0.15) is 18.9 Å². The summed E-state index contributed by atoms with van der Waals surface area (Å²) >= 11 is 1.67. The SMILES string of the molecule is CCC(CSC)N(C)S(=O)(=O)c1ccccc1CNC. The van der Waals surface area contributed by atoms with Crippen LogP contribution in [0, 0.1) is 0 Å². The van der Waals surface area contributed by atoms with Crippen LogP contribution >= 0.6 is 11.8 Å². The molecular weight excluding hydrogens is 292 g/mol. The number of hydrogen-bond acceptors (Lipinski definition) is 4. The molecule has 0 saturated heterocycles. The Morgan fingerprint density at radius 3 is 2.55 bits per heavy atom. The minimum atomic E-state index is -3.45. The summed E-state index contributed by atoms with van der Waals surface area (Å²) in [6.45, 7) is 2.56. The Bertz CT molecular complexity index is 518. The lowest BCUT2D eigenvalue weighted by molar-refractivity contribution is 0.385. The Morgan fingerprint density at radius 1 is 1.35 bits per heavy atom. The quantitative estimate of drug-likeness (QED) is 0.798. The van der Waals surface area contributed by atoms with Gasteiger partial charge in [0.1, 0.15) is 0 Å². The highest BCUT2D eigenvalue weighted by Gasteiger charge is 2.28. The fourth-order valence-electron chi connectivity index (χ4n) is 2.12. The largest absolute Gasteiger partial charge is 0.316 e. The van der Waals surface area contributed by atoms with E-state index in [1.807, 2.05) is 32.4 Å². The zero-order chi connectivity index (χ0) is 15.2. The molecule has 0 bridgehead atoms. The van der Waals surface area contributed by atoms with Crippen LogP contribution in [0.15, 0.2) is 29.2 Å². The first-order valence-electron chi connectivity index (χ1n) is 6.68. The molecule has 20 heavy (non-hydrogen) atoms. The third-order valence-electron chi connectivity index (χ3n) is 3.34. The molecule has 1 atom stereocenters. The summed E-state index contributed by atoms with van der Waals surface area (Å²) in [4.78, 5) is 0.399. The number of nitrogens with zero attached hydrogens (tertiary/aromatic N) is 1. The first-order valence-corrected chi connectivity index (χ1v) is 9.51. The molecule has 0 fully saturated rings. The van der Waals surface area contributed by atoms with Gasteiger partial charge in [-0.2, -0.15) is 16.1 Å². The van der Waals surface area contributed by atoms with Gasteiger partial charge in [-0.1, -0.05) is 25.1 Å². The zero-order valence-corrected chi connectivity index (χ0v) is 14.2. The predicted octanol–water partition coefficient (Wildman–Crippen LogP) is 2.17. The van der Waals surface area contributed by atoms with Crippen LogP contribution in [0.4, 0.5) is 0 Å². The molecule has 0 saturated carbocycles. The molecule has 0 heterocycles. The fraction of sp³-hybridized carbons (Fsp3) is 0.571. The maximum Gasteiger partial charge on any atom is 0.243 e. The van der Waals surface area contributed by atoms with Gasteiger partial charge in [-0.25, -0.2) is 8.42 Å². The average molecular weight is 316 g/mol. The van der Waals surface area contributed by atoms with Crippen molar-refractivity contribution in [2.45, 2.75) is 30.8 Å². The van der Waals surface area contributed by atoms with Gasteiger partial charge in [0.05, 0.1) is 4.90 Å². The van der Waals surface area contributed by atoms with Gasteiger partial charge in [0, 0.05) is 25.4 Å². The van der Waals surface area contributed by atoms with E-state index < -0.39 is 10.0 Å². The molecule has 1 aromatic carbocycles. The van der Waals surface area contributed by atoms with Crippen LogP contribution < -0.4 is 5.32 Å². The maximum absolute atomic E-state index is 12.8. The van der Waals surface area contributed by atoms with Gasteiger partial charge in [0.25, 0.3) is 0 Å². The van der Waals surface area contributed by atoms with Crippen molar-refractivity contribution in [3.8, 4) is 0 Å². The average Bonchev–Trinajstić information content (AvgIpc) is 2.44. The molecule has 114 valence electrons. The van der Waals surface area contributed by atoms with E-state index in [0.29, 0.717) is 11.4 Å². The van der Waals surface area contributed by atoms with E-state index >= 15 is 0 Å². The smallest absolute Gasteiger partial charge is 0.243 e. The maximum atomic E-state index is 12.8. The fourth-order valence-corrected chi connectivity index (χ4v) is 4.70. The van der Waals surface area contributed by atoms with E-state index in [0.717, 1.165) is 17.7 Å². The van der Waals surface area contributed by atoms with Gasteiger partial charge >= 0.3 is 0 Å². The topological polar surface area (TPSA) is 49.4 Å². The summed E-state index contributed by atoms with van der Waals surface area (Å²) in [6, 6.07) is 7.20. The molecule has 0 spiro atoms. The zero-order valence-electron chi connectivity index (χ0n) is 12.6. The highest BCUT2D eigenvalue weighted by Crippen LogP contribution is 2.22. The summed E-state index contributed by atoms with van der Waals surface area (Å²) in [6.07, 6.45) is 2.81. The van der Waals surface area contributed by atoms with Crippen molar-refractivity contribution in [3.63, 3.8) is 0 Å². The predicted molar refractivity (Wildman–Crippen MR) is 86.6 cm³/mol. The van der Waals surface area contributed by atoms with Crippen molar-refractivity contribution >= 4 is 21.8 Å². The highest BCUT2D eigenvalue weighted by molar-refractivity contribution is 7.98. The Balaban J connectivity index is 3.15. The molecule has 1 aromatic rings. The molecular formula is C14H24N2O2S2. The molecule has 0 aliphatic rings. The van der Waals surface area contributed by atoms with E-state index in [4.69, 9.17) is 0 Å². The van der Waals surface area contributed by atoms with Crippen LogP contribution in [0.25, 0.3) is 0 Å². The van der Waals surface area contributed by atoms with Gasteiger partial charge in [0.2, 0.25) is 10.0 Å². The van der Waals surface area contributed by atoms with Gasteiger partial charge in [-0.3, -0.25) is 0 Å². The van der Waals surface area contributed by atoms with Crippen molar-refractivity contribution in [1.82, 2.24) is 9.62 Å². The van der Waals surface area contributed by atoms with Crippen molar-refractivity contribution < 1.29 is 8.42 Å². The van der Waals surface area contributed by atoms with Crippen molar-refractivity contribution in [2.24, 2.45) is 0 Å². The summed E-state index contributed by atoms with van der Waals surface area (Å²) in [5, 5.41) is 3.02. The molecule has 0 radical (unpaired) electrons. The molecule has 1 rings (SSSR count). The normalized spacial score (nSPS) is 13.7. The van der Waals surface area contributed by atoms with Crippen molar-refractivity contribution in [3.05, 3.63) is 29.8 Å². The third-order valence-corrected chi connectivity index (χ3v) is 6.07. The standard InChI is InChI=1S/C14H24N2O2S2/c1-5-13(11-19-4)16(3)20(17,18)14-9-7-6-8-12(14)10-15-2/h6-9,13,15H,5,10-11H2,1-4H3. The number of sulfonamides is 1. The van der Waals surface area contributed by atoms with Crippen LogP contribution in [0.3, 0.4) is 0 Å². The first kappa shape index (κ1) is 17.5. The minimum Gasteiger partial charge on any atom is -0.316 e. The number of nitrogens with one attached hydrogen (secondary N) is 1. The first-order chi connectivity index (χ1) is 9.48. The lowest BCUT2D eigenvalue weighted by Crippen LogP contribution is -2.38. The number of thioether (sulfide) groups is 1. The van der Waals surface area contributed by atoms with E-state index in [9.17, 15) is 8.42 Å². The van der Waals surface area contributed by atoms with Crippen LogP contribution in [0.2, 0.25) is 0 Å². The van der Waals surface area contributed by atoms with Gasteiger partial charge in [-0.15, -0.1) is 0 Å². The Hall–Kier alpha value is -0.560. The van der Waals surface area contributed by atoms with Crippen molar-refractivity contribution in [1.29, 1.82) is 0 Å². The second kappa shape index (κ2) is 8.02. The van der Waals surface area contributed by atoms with E-state index in [1.165, 1.54) is 4.31 Å². The van der Waals surface area contributed by atoms with Crippen LogP contribution in [-0.2, 0) is 16.6 Å². The molecule has 0 aromatic heterocycles. The Kier molecular flexibility index (Phi) is 7.02. The molecule has 1 unspecified atom stereocenters. The van der Waals surface area contributed by atoms with Gasteiger partial charge in [0.15, 0.2) is 0 Å². The lowest BCUT2D eigenvalue weighted by atomic mass is 10.2. The molecule has 0 aliphatic heterocycles. The van der Waals surface area contributed by atoms with E-state index in [1.54, 1.807) is 30.9 Å². The number of benzene rings is 1. The highest BCUT2D eigenvalue weighted by atomic mass is 32.2. The van der Waals surface area contributed by atoms with Crippen LogP contribution in [0.5, 0.6) is 0 Å². The Labute approximate surface area is 127 Å². The summed E-state index contributed by atoms with van der Waals surface area (Å²) in [5.74, 6) is 0.806. The second-order valence-electron chi connectivity index (χ2n) is 4.68. The molecule has 4 nitrogen and oxygen atoms in total. The molecule has 0 amide bonds. The molecule has 0 aliphatic carbocycles. The van der Waals surface area contributed by atoms with Gasteiger partial charge in [-0.05, 0) is 31.4 Å². The van der Waals surface area contributed by atoms with E-state index in [-0.39, 0.29) is 6.04 Å². The number of rotatable bonds is 8. The third kappa shape index (κ3) is 3.97. The van der Waals surface area contributed by atoms with Gasteiger partial charge < -0.3 is 5.32 Å². The Morgan fingerprint density at radius 2 is 2.00 bits per heavy atom. The summed E-state index contributed by atoms with van der Waals surface area (Å²) < 4.78 is 27.1. The van der Waals surface area contributed by atoms with Crippen molar-refractivity contribution in [2.75, 3.05) is 26.1 Å². The minimum absolute atomic E-state index is 0.0256. The number of hydrogen-bond donors (Lipinski definition) is 1. The summed E-state index contributed by atoms with van der Waals surface area (Å²) in [7, 11) is 0.0463. The molecule has 6 heteroatoms.